The molecular formula is C35H44N5O5+. The van der Waals surface area contributed by atoms with E-state index in [9.17, 15) is 24.6 Å². The Kier molecular flexibility index (Phi) is 11.0. The Bertz CT molecular complexity index is 1490. The second-order valence-electron chi connectivity index (χ2n) is 12.2. The third kappa shape index (κ3) is 8.93. The Labute approximate surface area is 264 Å². The van der Waals surface area contributed by atoms with Crippen LogP contribution >= 0.6 is 0 Å². The van der Waals surface area contributed by atoms with E-state index < -0.39 is 24.0 Å². The quantitative estimate of drug-likeness (QED) is 0.159. The minimum absolute atomic E-state index is 0.0167. The van der Waals surface area contributed by atoms with Crippen LogP contribution in [-0.2, 0) is 17.8 Å². The molecule has 10 nitrogen and oxygen atoms in total. The maximum atomic E-state index is 14.0. The van der Waals surface area contributed by atoms with Crippen LogP contribution in [0, 0.1) is 0 Å². The van der Waals surface area contributed by atoms with Crippen LogP contribution in [0.1, 0.15) is 48.2 Å². The maximum Gasteiger partial charge on any atom is 0.329 e. The van der Waals surface area contributed by atoms with Gasteiger partial charge in [-0.25, -0.2) is 4.79 Å². The molecule has 3 aromatic rings. The van der Waals surface area contributed by atoms with E-state index in [0.717, 1.165) is 24.1 Å². The number of nitrogens with two attached hydrogens (primary N) is 1. The van der Waals surface area contributed by atoms with Crippen molar-refractivity contribution in [1.29, 1.82) is 0 Å². The molecule has 10 heteroatoms. The summed E-state index contributed by atoms with van der Waals surface area (Å²) in [6.07, 6.45) is 3.41. The Hall–Kier alpha value is -4.67. The number of quaternary nitrogens is 1. The van der Waals surface area contributed by atoms with Crippen molar-refractivity contribution in [2.24, 2.45) is 5.73 Å². The van der Waals surface area contributed by atoms with Gasteiger partial charge in [-0.1, -0.05) is 30.8 Å². The minimum Gasteiger partial charge on any atom is -0.508 e. The van der Waals surface area contributed by atoms with E-state index in [4.69, 9.17) is 5.73 Å². The molecule has 4 amide bonds. The molecule has 0 aliphatic carbocycles. The number of rotatable bonds is 11. The van der Waals surface area contributed by atoms with Crippen LogP contribution in [0.3, 0.4) is 0 Å². The van der Waals surface area contributed by atoms with Gasteiger partial charge in [0.2, 0.25) is 5.91 Å². The summed E-state index contributed by atoms with van der Waals surface area (Å²) in [7, 11) is 0. The molecule has 0 radical (unpaired) electrons. The lowest BCUT2D eigenvalue weighted by Gasteiger charge is -2.46. The van der Waals surface area contributed by atoms with Crippen molar-refractivity contribution >= 4 is 23.5 Å². The van der Waals surface area contributed by atoms with Crippen molar-refractivity contribution in [2.75, 3.05) is 25.0 Å². The topological polar surface area (TPSA) is 145 Å². The lowest BCUT2D eigenvalue weighted by atomic mass is 9.97. The fraction of sp³-hybridized carbons (Fsp3) is 0.343. The maximum absolute atomic E-state index is 14.0. The number of imide groups is 1. The molecule has 238 valence electrons. The Morgan fingerprint density at radius 1 is 1.02 bits per heavy atom. The van der Waals surface area contributed by atoms with Crippen molar-refractivity contribution in [3.63, 3.8) is 0 Å². The highest BCUT2D eigenvalue weighted by Crippen LogP contribution is 2.28. The molecule has 4 rings (SSSR count). The number of urea groups is 1. The van der Waals surface area contributed by atoms with Gasteiger partial charge >= 0.3 is 6.03 Å². The highest BCUT2D eigenvalue weighted by atomic mass is 16.3. The number of hydrogen-bond donors (Lipinski definition) is 5. The Balaban J connectivity index is 1.61. The van der Waals surface area contributed by atoms with Crippen LogP contribution in [0.2, 0.25) is 0 Å². The zero-order valence-electron chi connectivity index (χ0n) is 26.0. The molecule has 45 heavy (non-hydrogen) atoms. The fourth-order valence-corrected chi connectivity index (χ4v) is 6.02. The molecule has 1 saturated heterocycles. The molecular weight excluding hydrogens is 570 g/mol. The van der Waals surface area contributed by atoms with E-state index in [1.54, 1.807) is 54.6 Å². The number of nitrogens with zero attached hydrogens (tertiary/aromatic N) is 2. The number of phenols is 2. The molecule has 1 unspecified atom stereocenters. The van der Waals surface area contributed by atoms with Crippen LogP contribution in [-0.4, -0.2) is 75.2 Å². The molecule has 1 aliphatic rings. The number of piperidine rings is 1. The number of phenolic OH excluding ortho intramolecular Hbond substituents is 2. The first kappa shape index (κ1) is 33.2. The smallest absolute Gasteiger partial charge is 0.329 e. The first-order valence-corrected chi connectivity index (χ1v) is 15.3. The predicted molar refractivity (Wildman–Crippen MR) is 175 cm³/mol. The van der Waals surface area contributed by atoms with Crippen molar-refractivity contribution in [3.8, 4) is 11.5 Å². The first-order valence-electron chi connectivity index (χ1n) is 15.3. The Morgan fingerprint density at radius 2 is 1.73 bits per heavy atom. The summed E-state index contributed by atoms with van der Waals surface area (Å²) < 4.78 is 0.557. The largest absolute Gasteiger partial charge is 0.508 e. The zero-order valence-corrected chi connectivity index (χ0v) is 26.0. The molecule has 1 aliphatic heterocycles. The molecule has 0 saturated carbocycles. The second kappa shape index (κ2) is 14.9. The molecule has 0 spiro atoms. The fourth-order valence-electron chi connectivity index (χ4n) is 6.02. The summed E-state index contributed by atoms with van der Waals surface area (Å²) in [6, 6.07) is 18.0. The number of hydrogen-bond acceptors (Lipinski definition) is 6. The van der Waals surface area contributed by atoms with Gasteiger partial charge in [-0.3, -0.25) is 14.5 Å². The molecule has 1 heterocycles. The Morgan fingerprint density at radius 3 is 2.38 bits per heavy atom. The van der Waals surface area contributed by atoms with Crippen molar-refractivity contribution < 1.29 is 29.1 Å². The van der Waals surface area contributed by atoms with Gasteiger partial charge in [0.05, 0.1) is 25.2 Å². The van der Waals surface area contributed by atoms with Crippen molar-refractivity contribution in [2.45, 2.75) is 57.8 Å². The van der Waals surface area contributed by atoms with E-state index >= 15 is 0 Å². The third-order valence-corrected chi connectivity index (χ3v) is 8.06. The third-order valence-electron chi connectivity index (χ3n) is 8.06. The van der Waals surface area contributed by atoms with Crippen molar-refractivity contribution in [3.05, 3.63) is 102 Å². The molecule has 6 N–H and O–H groups in total. The standard InChI is InChI=1S/C35H43N5O5/c1-4-18-40(22-26-7-5-9-31(42)20-26)19-6-8-29(23-40)39(34(44)32(36)21-25-10-16-30(41)17-11-25)35(45)38-28-14-12-27(13-15-28)33(43)37-24(2)3/h4-5,7,9-17,20,24,29,32H,1,6,8,18-19,21-23,36H2,2-3H3,(H3-,37,38,41,42,43,45)/p+1/t29-,32-,40?/m0/s1. The second-order valence-corrected chi connectivity index (χ2v) is 12.2. The van der Waals surface area contributed by atoms with Gasteiger partial charge < -0.3 is 31.1 Å². The lowest BCUT2D eigenvalue weighted by molar-refractivity contribution is -0.941. The summed E-state index contributed by atoms with van der Waals surface area (Å²) in [4.78, 5) is 41.7. The number of benzene rings is 3. The molecule has 3 aromatic carbocycles. The normalized spacial score (nSPS) is 18.5. The number of nitrogens with one attached hydrogen (secondary N) is 2. The monoisotopic (exact) mass is 614 g/mol. The highest BCUT2D eigenvalue weighted by molar-refractivity contribution is 6.03. The van der Waals surface area contributed by atoms with Crippen LogP contribution in [0.25, 0.3) is 0 Å². The summed E-state index contributed by atoms with van der Waals surface area (Å²) >= 11 is 0. The van der Waals surface area contributed by atoms with E-state index in [0.29, 0.717) is 41.8 Å². The van der Waals surface area contributed by atoms with Crippen molar-refractivity contribution in [1.82, 2.24) is 10.2 Å². The predicted octanol–water partition coefficient (Wildman–Crippen LogP) is 4.53. The summed E-state index contributed by atoms with van der Waals surface area (Å²) in [6.45, 7) is 10.3. The van der Waals surface area contributed by atoms with Gasteiger partial charge in [0.25, 0.3) is 5.91 Å². The van der Waals surface area contributed by atoms with Gasteiger partial charge in [-0.2, -0.15) is 0 Å². The molecule has 1 fully saturated rings. The van der Waals surface area contributed by atoms with Gasteiger partial charge in [-0.05, 0) is 93.3 Å². The van der Waals surface area contributed by atoms with E-state index in [1.165, 1.54) is 17.0 Å². The van der Waals surface area contributed by atoms with Gasteiger partial charge in [0, 0.05) is 22.9 Å². The number of anilines is 1. The van der Waals surface area contributed by atoms with E-state index in [-0.39, 0.29) is 29.9 Å². The SMILES string of the molecule is C=CC[N+]1(Cc2cccc(O)c2)CCC[C@H](N(C(=O)Nc2ccc(C(=O)NC(C)C)cc2)C(=O)[C@@H](N)Cc2ccc(O)cc2)C1. The highest BCUT2D eigenvalue weighted by Gasteiger charge is 2.42. The van der Waals surface area contributed by atoms with Crippen LogP contribution in [0.4, 0.5) is 10.5 Å². The van der Waals surface area contributed by atoms with Crippen LogP contribution in [0.5, 0.6) is 11.5 Å². The van der Waals surface area contributed by atoms with Gasteiger partial charge in [0.15, 0.2) is 0 Å². The van der Waals surface area contributed by atoms with Gasteiger partial charge in [0.1, 0.15) is 24.6 Å². The summed E-state index contributed by atoms with van der Waals surface area (Å²) in [5.41, 5.74) is 9.06. The number of likely N-dealkylation sites (tertiary alicyclic amines) is 1. The minimum atomic E-state index is -1.00. The average molecular weight is 615 g/mol. The lowest BCUT2D eigenvalue weighted by Crippen LogP contribution is -2.63. The van der Waals surface area contributed by atoms with E-state index in [1.807, 2.05) is 26.0 Å². The van der Waals surface area contributed by atoms with E-state index in [2.05, 4.69) is 17.2 Å². The van der Waals surface area contributed by atoms with Crippen LogP contribution in [0.15, 0.2) is 85.5 Å². The van der Waals surface area contributed by atoms with Gasteiger partial charge in [-0.15, -0.1) is 0 Å². The van der Waals surface area contributed by atoms with Crippen LogP contribution < -0.4 is 16.4 Å². The molecule has 0 aromatic heterocycles. The number of carbonyl (C=O) groups excluding carboxylic acids is 3. The summed E-state index contributed by atoms with van der Waals surface area (Å²) in [5.74, 6) is -0.431. The summed E-state index contributed by atoms with van der Waals surface area (Å²) in [5, 5.41) is 25.4. The number of amides is 4. The molecule has 3 atom stereocenters. The molecule has 0 bridgehead atoms. The zero-order chi connectivity index (χ0) is 32.6. The number of aromatic hydroxyl groups is 2. The average Bonchev–Trinajstić information content (AvgIpc) is 2.98. The first-order chi connectivity index (χ1) is 21.5. The number of carbonyl (C=O) groups is 3.